The van der Waals surface area contributed by atoms with Gasteiger partial charge in [-0.2, -0.15) is 13.2 Å². The minimum atomic E-state index is -4.31. The maximum Gasteiger partial charge on any atom is 0.416 e. The Bertz CT molecular complexity index is 433. The molecule has 1 N–H and O–H groups in total. The Morgan fingerprint density at radius 2 is 1.89 bits per heavy atom. The second kappa shape index (κ2) is 6.75. The van der Waals surface area contributed by atoms with Crippen LogP contribution in [0.1, 0.15) is 38.3 Å². The molecule has 0 spiro atoms. The molecule has 19 heavy (non-hydrogen) atoms. The van der Waals surface area contributed by atoms with Gasteiger partial charge in [-0.15, -0.1) is 0 Å². The minimum Gasteiger partial charge on any atom is -0.311 e. The van der Waals surface area contributed by atoms with E-state index < -0.39 is 11.7 Å². The molecule has 0 bridgehead atoms. The number of hydrogen-bond acceptors (Lipinski definition) is 1. The Hall–Kier alpha value is -1.29. The van der Waals surface area contributed by atoms with Crippen LogP contribution in [0.4, 0.5) is 13.2 Å². The third kappa shape index (κ3) is 5.07. The fourth-order valence-electron chi connectivity index (χ4n) is 1.71. The summed E-state index contributed by atoms with van der Waals surface area (Å²) in [6.45, 7) is 6.58. The van der Waals surface area contributed by atoms with Crippen LogP contribution in [0.5, 0.6) is 0 Å². The van der Waals surface area contributed by atoms with E-state index in [0.717, 1.165) is 18.1 Å². The summed E-state index contributed by atoms with van der Waals surface area (Å²) in [6, 6.07) is 5.98. The second-order valence-electron chi connectivity index (χ2n) is 4.78. The molecule has 1 aromatic rings. The van der Waals surface area contributed by atoms with Crippen LogP contribution < -0.4 is 5.32 Å². The lowest BCUT2D eigenvalue weighted by Crippen LogP contribution is -2.24. The fraction of sp³-hybridized carbons (Fsp3) is 0.467. The Labute approximate surface area is 112 Å². The average molecular weight is 271 g/mol. The fourth-order valence-corrected chi connectivity index (χ4v) is 1.71. The standard InChI is InChI=1S/C15H20F3N/c1-4-12(10-19-11(2)3)9-13-7-5-6-8-14(13)15(16,17)18/h5-9,11,19H,4,10H2,1-3H3. The van der Waals surface area contributed by atoms with Gasteiger partial charge < -0.3 is 5.32 Å². The molecule has 1 nitrogen and oxygen atoms in total. The molecule has 0 unspecified atom stereocenters. The monoisotopic (exact) mass is 271 g/mol. The Kier molecular flexibility index (Phi) is 5.60. The van der Waals surface area contributed by atoms with E-state index in [9.17, 15) is 13.2 Å². The predicted octanol–water partition coefficient (Wildman–Crippen LogP) is 4.50. The van der Waals surface area contributed by atoms with Crippen LogP contribution >= 0.6 is 0 Å². The Morgan fingerprint density at radius 3 is 2.42 bits per heavy atom. The molecule has 0 aromatic heterocycles. The highest BCUT2D eigenvalue weighted by Crippen LogP contribution is 2.32. The maximum absolute atomic E-state index is 12.9. The molecule has 1 rings (SSSR count). The van der Waals surface area contributed by atoms with Crippen LogP contribution in [0.2, 0.25) is 0 Å². The van der Waals surface area contributed by atoms with Crippen molar-refractivity contribution in [1.82, 2.24) is 5.32 Å². The van der Waals surface area contributed by atoms with Gasteiger partial charge in [0.15, 0.2) is 0 Å². The molecule has 0 radical (unpaired) electrons. The smallest absolute Gasteiger partial charge is 0.311 e. The minimum absolute atomic E-state index is 0.234. The molecule has 0 atom stereocenters. The predicted molar refractivity (Wildman–Crippen MR) is 72.9 cm³/mol. The summed E-state index contributed by atoms with van der Waals surface area (Å²) < 4.78 is 38.6. The van der Waals surface area contributed by atoms with Gasteiger partial charge in [-0.25, -0.2) is 0 Å². The van der Waals surface area contributed by atoms with Crippen LogP contribution in [0.3, 0.4) is 0 Å². The summed E-state index contributed by atoms with van der Waals surface area (Å²) in [5.74, 6) is 0. The molecular formula is C15H20F3N. The van der Waals surface area contributed by atoms with Crippen molar-refractivity contribution in [3.8, 4) is 0 Å². The van der Waals surface area contributed by atoms with Crippen molar-refractivity contribution in [3.05, 3.63) is 41.0 Å². The van der Waals surface area contributed by atoms with E-state index in [4.69, 9.17) is 0 Å². The van der Waals surface area contributed by atoms with Crippen LogP contribution in [0.25, 0.3) is 6.08 Å². The van der Waals surface area contributed by atoms with Gasteiger partial charge in [0.05, 0.1) is 5.56 Å². The molecule has 4 heteroatoms. The molecule has 0 saturated heterocycles. The number of nitrogens with one attached hydrogen (secondary N) is 1. The molecule has 0 aliphatic heterocycles. The first kappa shape index (κ1) is 15.8. The summed E-state index contributed by atoms with van der Waals surface area (Å²) >= 11 is 0. The average Bonchev–Trinajstić information content (AvgIpc) is 2.33. The molecule has 0 aliphatic rings. The van der Waals surface area contributed by atoms with Crippen molar-refractivity contribution in [2.45, 2.75) is 39.4 Å². The van der Waals surface area contributed by atoms with Gasteiger partial charge in [-0.05, 0) is 18.1 Å². The zero-order valence-electron chi connectivity index (χ0n) is 11.5. The highest BCUT2D eigenvalue weighted by molar-refractivity contribution is 5.57. The van der Waals surface area contributed by atoms with E-state index >= 15 is 0 Å². The lowest BCUT2D eigenvalue weighted by atomic mass is 10.0. The van der Waals surface area contributed by atoms with E-state index in [1.807, 2.05) is 20.8 Å². The first-order valence-corrected chi connectivity index (χ1v) is 6.43. The Balaban J connectivity index is 3.01. The van der Waals surface area contributed by atoms with Crippen LogP contribution in [-0.2, 0) is 6.18 Å². The van der Waals surface area contributed by atoms with E-state index in [-0.39, 0.29) is 5.56 Å². The van der Waals surface area contributed by atoms with Crippen molar-refractivity contribution in [2.24, 2.45) is 0 Å². The van der Waals surface area contributed by atoms with E-state index in [2.05, 4.69) is 5.32 Å². The van der Waals surface area contributed by atoms with Gasteiger partial charge in [-0.3, -0.25) is 0 Å². The number of benzene rings is 1. The van der Waals surface area contributed by atoms with Gasteiger partial charge in [0.25, 0.3) is 0 Å². The van der Waals surface area contributed by atoms with E-state index in [1.165, 1.54) is 12.1 Å². The molecule has 0 fully saturated rings. The van der Waals surface area contributed by atoms with Crippen molar-refractivity contribution in [2.75, 3.05) is 6.54 Å². The number of hydrogen-bond donors (Lipinski definition) is 1. The van der Waals surface area contributed by atoms with E-state index in [1.54, 1.807) is 12.1 Å². The maximum atomic E-state index is 12.9. The molecule has 0 aliphatic carbocycles. The molecule has 0 amide bonds. The van der Waals surface area contributed by atoms with E-state index in [0.29, 0.717) is 12.6 Å². The van der Waals surface area contributed by atoms with Gasteiger partial charge >= 0.3 is 6.18 Å². The first-order chi connectivity index (χ1) is 8.84. The zero-order valence-corrected chi connectivity index (χ0v) is 11.5. The Morgan fingerprint density at radius 1 is 1.26 bits per heavy atom. The lowest BCUT2D eigenvalue weighted by Gasteiger charge is -2.13. The largest absolute Gasteiger partial charge is 0.416 e. The highest BCUT2D eigenvalue weighted by Gasteiger charge is 2.32. The van der Waals surface area contributed by atoms with Crippen LogP contribution in [-0.4, -0.2) is 12.6 Å². The molecule has 0 heterocycles. The quantitative estimate of drug-likeness (QED) is 0.831. The molecule has 0 saturated carbocycles. The second-order valence-corrected chi connectivity index (χ2v) is 4.78. The van der Waals surface area contributed by atoms with Gasteiger partial charge in [0, 0.05) is 12.6 Å². The van der Waals surface area contributed by atoms with Crippen LogP contribution in [0, 0.1) is 0 Å². The summed E-state index contributed by atoms with van der Waals surface area (Å²) in [6.07, 6.45) is -1.94. The van der Waals surface area contributed by atoms with Gasteiger partial charge in [0.1, 0.15) is 0 Å². The summed E-state index contributed by atoms with van der Waals surface area (Å²) in [7, 11) is 0. The van der Waals surface area contributed by atoms with Crippen molar-refractivity contribution in [3.63, 3.8) is 0 Å². The summed E-state index contributed by atoms with van der Waals surface area (Å²) in [5.41, 5.74) is 0.619. The molecule has 106 valence electrons. The third-order valence-electron chi connectivity index (χ3n) is 2.82. The SMILES string of the molecule is CCC(=Cc1ccccc1C(F)(F)F)CNC(C)C. The number of rotatable bonds is 5. The van der Waals surface area contributed by atoms with Gasteiger partial charge in [-0.1, -0.05) is 50.6 Å². The third-order valence-corrected chi connectivity index (χ3v) is 2.82. The normalized spacial score (nSPS) is 13.1. The first-order valence-electron chi connectivity index (χ1n) is 6.43. The van der Waals surface area contributed by atoms with Crippen LogP contribution in [0.15, 0.2) is 29.8 Å². The van der Waals surface area contributed by atoms with Crippen molar-refractivity contribution >= 4 is 6.08 Å². The highest BCUT2D eigenvalue weighted by atomic mass is 19.4. The molecule has 1 aromatic carbocycles. The number of halogens is 3. The zero-order chi connectivity index (χ0) is 14.5. The topological polar surface area (TPSA) is 12.0 Å². The van der Waals surface area contributed by atoms with Gasteiger partial charge in [0.2, 0.25) is 0 Å². The van der Waals surface area contributed by atoms with Crippen molar-refractivity contribution < 1.29 is 13.2 Å². The lowest BCUT2D eigenvalue weighted by molar-refractivity contribution is -0.137. The summed E-state index contributed by atoms with van der Waals surface area (Å²) in [5, 5.41) is 3.23. The van der Waals surface area contributed by atoms with Crippen molar-refractivity contribution in [1.29, 1.82) is 0 Å². The summed E-state index contributed by atoms with van der Waals surface area (Å²) in [4.78, 5) is 0. The number of alkyl halides is 3. The molecular weight excluding hydrogens is 251 g/mol.